The average molecular weight is 261 g/mol. The van der Waals surface area contributed by atoms with Crippen LogP contribution in [0.3, 0.4) is 0 Å². The molecule has 1 N–H and O–H groups in total. The molecule has 0 aromatic heterocycles. The maximum Gasteiger partial charge on any atom is 0.153 e. The monoisotopic (exact) mass is 261 g/mol. The molecule has 1 aromatic rings. The Morgan fingerprint density at radius 3 is 2.65 bits per heavy atom. The molecule has 1 aliphatic rings. The second-order valence-corrected chi connectivity index (χ2v) is 6.52. The summed E-state index contributed by atoms with van der Waals surface area (Å²) >= 11 is 0. The number of nitrogens with one attached hydrogen (secondary N) is 1. The number of benzene rings is 1. The Labute approximate surface area is 98.8 Å². The molecule has 0 amide bonds. The van der Waals surface area contributed by atoms with E-state index < -0.39 is 27.5 Å². The van der Waals surface area contributed by atoms with Gasteiger partial charge in [-0.25, -0.2) is 17.2 Å². The number of sulfone groups is 1. The molecule has 0 bridgehead atoms. The van der Waals surface area contributed by atoms with E-state index >= 15 is 0 Å². The molecular weight excluding hydrogens is 248 g/mol. The summed E-state index contributed by atoms with van der Waals surface area (Å²) in [5.41, 5.74) is 0.0696. The van der Waals surface area contributed by atoms with Crippen molar-refractivity contribution in [1.82, 2.24) is 5.32 Å². The first-order valence-corrected chi connectivity index (χ1v) is 7.11. The van der Waals surface area contributed by atoms with Crippen LogP contribution >= 0.6 is 0 Å². The van der Waals surface area contributed by atoms with E-state index in [1.807, 2.05) is 0 Å². The third-order valence-corrected chi connectivity index (χ3v) is 4.59. The van der Waals surface area contributed by atoms with Gasteiger partial charge in [0.15, 0.2) is 9.84 Å². The van der Waals surface area contributed by atoms with Crippen LogP contribution in [0.5, 0.6) is 0 Å². The van der Waals surface area contributed by atoms with Crippen molar-refractivity contribution in [3.8, 4) is 0 Å². The van der Waals surface area contributed by atoms with E-state index in [1.54, 1.807) is 6.92 Å². The van der Waals surface area contributed by atoms with E-state index in [4.69, 9.17) is 0 Å². The Morgan fingerprint density at radius 1 is 1.29 bits per heavy atom. The molecule has 0 saturated carbocycles. The molecule has 2 unspecified atom stereocenters. The molecular formula is C11H13F2NO2S. The SMILES string of the molecule is CC1CS(=O)(=O)CC(c2cc(F)ccc2F)N1. The minimum Gasteiger partial charge on any atom is -0.305 e. The highest BCUT2D eigenvalue weighted by molar-refractivity contribution is 7.91. The third-order valence-electron chi connectivity index (χ3n) is 2.74. The molecule has 1 heterocycles. The van der Waals surface area contributed by atoms with Gasteiger partial charge in [-0.15, -0.1) is 0 Å². The van der Waals surface area contributed by atoms with Gasteiger partial charge in [-0.1, -0.05) is 0 Å². The highest BCUT2D eigenvalue weighted by Gasteiger charge is 2.31. The zero-order chi connectivity index (χ0) is 12.6. The summed E-state index contributed by atoms with van der Waals surface area (Å²) in [4.78, 5) is 0. The Kier molecular flexibility index (Phi) is 3.18. The maximum atomic E-state index is 13.5. The van der Waals surface area contributed by atoms with E-state index in [2.05, 4.69) is 5.32 Å². The second kappa shape index (κ2) is 4.34. The lowest BCUT2D eigenvalue weighted by atomic mass is 10.1. The minimum absolute atomic E-state index is 0.0282. The lowest BCUT2D eigenvalue weighted by molar-refractivity contribution is 0.451. The normalized spacial score (nSPS) is 27.9. The molecule has 1 aliphatic heterocycles. The van der Waals surface area contributed by atoms with E-state index in [1.165, 1.54) is 0 Å². The first-order valence-electron chi connectivity index (χ1n) is 5.29. The third kappa shape index (κ3) is 2.81. The van der Waals surface area contributed by atoms with Gasteiger partial charge < -0.3 is 5.32 Å². The molecule has 1 aromatic carbocycles. The van der Waals surface area contributed by atoms with Crippen molar-refractivity contribution in [2.45, 2.75) is 19.0 Å². The largest absolute Gasteiger partial charge is 0.305 e. The minimum atomic E-state index is -3.21. The van der Waals surface area contributed by atoms with E-state index in [9.17, 15) is 17.2 Å². The summed E-state index contributed by atoms with van der Waals surface area (Å²) in [5, 5.41) is 2.97. The first-order chi connectivity index (χ1) is 7.87. The smallest absolute Gasteiger partial charge is 0.153 e. The fourth-order valence-corrected chi connectivity index (χ4v) is 3.88. The van der Waals surface area contributed by atoms with Crippen molar-refractivity contribution in [3.63, 3.8) is 0 Å². The predicted molar refractivity (Wildman–Crippen MR) is 60.4 cm³/mol. The van der Waals surface area contributed by atoms with Crippen molar-refractivity contribution < 1.29 is 17.2 Å². The van der Waals surface area contributed by atoms with Crippen LogP contribution in [-0.2, 0) is 9.84 Å². The van der Waals surface area contributed by atoms with Gasteiger partial charge >= 0.3 is 0 Å². The highest BCUT2D eigenvalue weighted by Crippen LogP contribution is 2.24. The summed E-state index contributed by atoms with van der Waals surface area (Å²) in [6.07, 6.45) is 0. The van der Waals surface area contributed by atoms with Crippen LogP contribution in [0.4, 0.5) is 8.78 Å². The Morgan fingerprint density at radius 2 is 2.00 bits per heavy atom. The summed E-state index contributed by atoms with van der Waals surface area (Å²) in [6, 6.07) is 2.12. The van der Waals surface area contributed by atoms with Gasteiger partial charge in [-0.3, -0.25) is 0 Å². The molecule has 6 heteroatoms. The number of hydrogen-bond acceptors (Lipinski definition) is 3. The van der Waals surface area contributed by atoms with Crippen LogP contribution in [0.2, 0.25) is 0 Å². The molecule has 0 aliphatic carbocycles. The van der Waals surface area contributed by atoms with Gasteiger partial charge in [0.2, 0.25) is 0 Å². The van der Waals surface area contributed by atoms with Gasteiger partial charge in [0.25, 0.3) is 0 Å². The van der Waals surface area contributed by atoms with Crippen LogP contribution in [0.1, 0.15) is 18.5 Å². The molecule has 1 fully saturated rings. The fraction of sp³-hybridized carbons (Fsp3) is 0.455. The van der Waals surface area contributed by atoms with Crippen LogP contribution in [0.15, 0.2) is 18.2 Å². The highest BCUT2D eigenvalue weighted by atomic mass is 32.2. The summed E-state index contributed by atoms with van der Waals surface area (Å²) < 4.78 is 49.7. The molecule has 1 saturated heterocycles. The molecule has 0 spiro atoms. The quantitative estimate of drug-likeness (QED) is 0.831. The summed E-state index contributed by atoms with van der Waals surface area (Å²) in [7, 11) is -3.21. The Balaban J connectivity index is 2.36. The van der Waals surface area contributed by atoms with Crippen LogP contribution < -0.4 is 5.32 Å². The van der Waals surface area contributed by atoms with E-state index in [0.29, 0.717) is 0 Å². The fourth-order valence-electron chi connectivity index (χ4n) is 2.10. The van der Waals surface area contributed by atoms with Gasteiger partial charge in [0, 0.05) is 17.6 Å². The van der Waals surface area contributed by atoms with Gasteiger partial charge in [-0.05, 0) is 25.1 Å². The second-order valence-electron chi connectivity index (χ2n) is 4.36. The van der Waals surface area contributed by atoms with Crippen molar-refractivity contribution in [3.05, 3.63) is 35.4 Å². The lowest BCUT2D eigenvalue weighted by Gasteiger charge is -2.29. The zero-order valence-corrected chi connectivity index (χ0v) is 10.1. The number of hydrogen-bond donors (Lipinski definition) is 1. The number of rotatable bonds is 1. The van der Waals surface area contributed by atoms with Crippen molar-refractivity contribution in [2.75, 3.05) is 11.5 Å². The summed E-state index contributed by atoms with van der Waals surface area (Å²) in [6.45, 7) is 1.71. The van der Waals surface area contributed by atoms with Crippen LogP contribution in [-0.4, -0.2) is 26.0 Å². The average Bonchev–Trinajstić information content (AvgIpc) is 2.18. The van der Waals surface area contributed by atoms with Crippen LogP contribution in [0, 0.1) is 11.6 Å². The molecule has 94 valence electrons. The predicted octanol–water partition coefficient (Wildman–Crippen LogP) is 1.41. The lowest BCUT2D eigenvalue weighted by Crippen LogP contribution is -2.45. The standard InChI is InChI=1S/C11H13F2NO2S/c1-7-5-17(15,16)6-11(14-7)9-4-8(12)2-3-10(9)13/h2-4,7,11,14H,5-6H2,1H3. The molecule has 2 atom stereocenters. The first kappa shape index (κ1) is 12.4. The molecule has 0 radical (unpaired) electrons. The van der Waals surface area contributed by atoms with Crippen molar-refractivity contribution >= 4 is 9.84 Å². The van der Waals surface area contributed by atoms with Gasteiger partial charge in [-0.2, -0.15) is 0 Å². The molecule has 2 rings (SSSR count). The van der Waals surface area contributed by atoms with Gasteiger partial charge in [0.1, 0.15) is 11.6 Å². The van der Waals surface area contributed by atoms with E-state index in [-0.39, 0.29) is 23.1 Å². The van der Waals surface area contributed by atoms with Crippen LogP contribution in [0.25, 0.3) is 0 Å². The number of halogens is 2. The summed E-state index contributed by atoms with van der Waals surface area (Å²) in [5.74, 6) is -1.33. The van der Waals surface area contributed by atoms with Crippen molar-refractivity contribution in [2.24, 2.45) is 0 Å². The maximum absolute atomic E-state index is 13.5. The van der Waals surface area contributed by atoms with Crippen molar-refractivity contribution in [1.29, 1.82) is 0 Å². The van der Waals surface area contributed by atoms with Gasteiger partial charge in [0.05, 0.1) is 11.5 Å². The molecule has 3 nitrogen and oxygen atoms in total. The van der Waals surface area contributed by atoms with E-state index in [0.717, 1.165) is 18.2 Å². The topological polar surface area (TPSA) is 46.2 Å². The Bertz CT molecular complexity index is 530. The Hall–Kier alpha value is -1.01. The molecule has 17 heavy (non-hydrogen) atoms. The zero-order valence-electron chi connectivity index (χ0n) is 9.28.